The quantitative estimate of drug-likeness (QED) is 0.374. The molecule has 0 radical (unpaired) electrons. The molecule has 158 valence electrons. The van der Waals surface area contributed by atoms with Crippen LogP contribution in [-0.4, -0.2) is 32.5 Å². The summed E-state index contributed by atoms with van der Waals surface area (Å²) < 4.78 is 0. The van der Waals surface area contributed by atoms with Crippen molar-refractivity contribution in [3.8, 4) is 0 Å². The summed E-state index contributed by atoms with van der Waals surface area (Å²) in [6.07, 6.45) is 5.28. The molecule has 1 unspecified atom stereocenters. The lowest BCUT2D eigenvalue weighted by Crippen LogP contribution is -2.31. The number of aryl methyl sites for hydroxylation is 1. The minimum Gasteiger partial charge on any atom is -0.481 e. The van der Waals surface area contributed by atoms with Crippen molar-refractivity contribution in [1.82, 2.24) is 14.9 Å². The molecule has 1 atom stereocenters. The third-order valence-electron chi connectivity index (χ3n) is 5.69. The monoisotopic (exact) mass is 413 g/mol. The van der Waals surface area contributed by atoms with Crippen LogP contribution in [-0.2, 0) is 17.8 Å². The molecule has 4 rings (SSSR count). The molecule has 0 saturated heterocycles. The topological polar surface area (TPSA) is 69.2 Å². The summed E-state index contributed by atoms with van der Waals surface area (Å²) in [6.45, 7) is 1.46. The number of hydrogen-bond acceptors (Lipinski definition) is 3. The van der Waals surface area contributed by atoms with E-state index >= 15 is 0 Å². The van der Waals surface area contributed by atoms with Gasteiger partial charge in [0.2, 0.25) is 0 Å². The first-order chi connectivity index (χ1) is 15.2. The van der Waals surface area contributed by atoms with Crippen LogP contribution in [0.3, 0.4) is 0 Å². The van der Waals surface area contributed by atoms with Gasteiger partial charge in [0.05, 0.1) is 24.5 Å². The number of carbonyl (C=O) groups is 1. The summed E-state index contributed by atoms with van der Waals surface area (Å²) in [5, 5.41) is 12.0. The summed E-state index contributed by atoms with van der Waals surface area (Å²) in [6, 6.07) is 24.8. The molecule has 0 aliphatic rings. The van der Waals surface area contributed by atoms with E-state index in [9.17, 15) is 9.90 Å². The zero-order valence-electron chi connectivity index (χ0n) is 17.4. The average Bonchev–Trinajstić information content (AvgIpc) is 3.32. The lowest BCUT2D eigenvalue weighted by atomic mass is 10.0. The predicted molar refractivity (Wildman–Crippen MR) is 123 cm³/mol. The van der Waals surface area contributed by atoms with Crippen LogP contribution in [0.25, 0.3) is 10.8 Å². The number of imidazole rings is 1. The molecule has 4 aromatic rings. The largest absolute Gasteiger partial charge is 0.481 e. The van der Waals surface area contributed by atoms with Crippen molar-refractivity contribution in [1.29, 1.82) is 0 Å². The van der Waals surface area contributed by atoms with E-state index in [1.807, 2.05) is 12.1 Å². The van der Waals surface area contributed by atoms with Crippen molar-refractivity contribution in [3.63, 3.8) is 0 Å². The molecule has 0 aliphatic carbocycles. The molecular weight excluding hydrogens is 386 g/mol. The van der Waals surface area contributed by atoms with Crippen LogP contribution < -0.4 is 0 Å². The lowest BCUT2D eigenvalue weighted by Gasteiger charge is -2.31. The number of H-pyrrole nitrogens is 1. The van der Waals surface area contributed by atoms with E-state index < -0.39 is 5.97 Å². The number of carboxylic acid groups (broad SMARTS) is 1. The fourth-order valence-electron chi connectivity index (χ4n) is 4.18. The van der Waals surface area contributed by atoms with Crippen LogP contribution >= 0.6 is 0 Å². The van der Waals surface area contributed by atoms with Crippen molar-refractivity contribution in [2.45, 2.75) is 31.8 Å². The van der Waals surface area contributed by atoms with Gasteiger partial charge in [-0.25, -0.2) is 4.98 Å². The van der Waals surface area contributed by atoms with E-state index in [0.717, 1.165) is 25.1 Å². The lowest BCUT2D eigenvalue weighted by molar-refractivity contribution is -0.138. The molecule has 5 nitrogen and oxygen atoms in total. The first kappa shape index (κ1) is 20.8. The number of benzene rings is 3. The van der Waals surface area contributed by atoms with Gasteiger partial charge in [0.15, 0.2) is 0 Å². The third kappa shape index (κ3) is 5.38. The van der Waals surface area contributed by atoms with Gasteiger partial charge in [-0.2, -0.15) is 0 Å². The molecule has 0 fully saturated rings. The van der Waals surface area contributed by atoms with Crippen molar-refractivity contribution in [3.05, 3.63) is 102 Å². The van der Waals surface area contributed by atoms with Crippen LogP contribution in [0.2, 0.25) is 0 Å². The number of nitrogens with one attached hydrogen (secondary N) is 1. The Morgan fingerprint density at radius 1 is 1.00 bits per heavy atom. The standard InChI is InChI=1S/C26H27N3O2/c30-26(31)16-25(24-17-27-19-28-24)29(15-7-10-20-8-2-1-3-9-20)18-22-13-6-12-21-11-4-5-14-23(21)22/h1-6,8-9,11-14,17,19,25H,7,10,15-16,18H2,(H,27,28)(H,30,31). The van der Waals surface area contributed by atoms with E-state index in [2.05, 4.69) is 75.5 Å². The molecule has 0 spiro atoms. The highest BCUT2D eigenvalue weighted by Crippen LogP contribution is 2.28. The maximum absolute atomic E-state index is 11.7. The van der Waals surface area contributed by atoms with Crippen LogP contribution in [0.15, 0.2) is 85.3 Å². The number of aromatic amines is 1. The number of aliphatic carboxylic acids is 1. The van der Waals surface area contributed by atoms with Crippen molar-refractivity contribution in [2.75, 3.05) is 6.54 Å². The zero-order chi connectivity index (χ0) is 21.5. The van der Waals surface area contributed by atoms with Crippen molar-refractivity contribution in [2.24, 2.45) is 0 Å². The summed E-state index contributed by atoms with van der Waals surface area (Å²) in [7, 11) is 0. The van der Waals surface area contributed by atoms with E-state index in [1.165, 1.54) is 21.9 Å². The van der Waals surface area contributed by atoms with Gasteiger partial charge in [0.1, 0.15) is 0 Å². The Bertz CT molecular complexity index is 1100. The summed E-state index contributed by atoms with van der Waals surface area (Å²) in [4.78, 5) is 21.3. The first-order valence-electron chi connectivity index (χ1n) is 10.7. The Balaban J connectivity index is 1.61. The maximum atomic E-state index is 11.7. The Labute approximate surface area is 182 Å². The number of rotatable bonds is 10. The van der Waals surface area contributed by atoms with Crippen LogP contribution in [0.4, 0.5) is 0 Å². The molecule has 31 heavy (non-hydrogen) atoms. The molecule has 0 aliphatic heterocycles. The van der Waals surface area contributed by atoms with Gasteiger partial charge in [0, 0.05) is 12.7 Å². The molecule has 3 aromatic carbocycles. The van der Waals surface area contributed by atoms with Gasteiger partial charge >= 0.3 is 5.97 Å². The summed E-state index contributed by atoms with van der Waals surface area (Å²) in [5.41, 5.74) is 3.33. The third-order valence-corrected chi connectivity index (χ3v) is 5.69. The number of fused-ring (bicyclic) bond motifs is 1. The highest BCUT2D eigenvalue weighted by Gasteiger charge is 2.25. The summed E-state index contributed by atoms with van der Waals surface area (Å²) in [5.74, 6) is -0.814. The summed E-state index contributed by atoms with van der Waals surface area (Å²) >= 11 is 0. The van der Waals surface area contributed by atoms with Gasteiger partial charge in [-0.15, -0.1) is 0 Å². The second-order valence-corrected chi connectivity index (χ2v) is 7.82. The van der Waals surface area contributed by atoms with E-state index in [4.69, 9.17) is 0 Å². The van der Waals surface area contributed by atoms with Crippen LogP contribution in [0, 0.1) is 0 Å². The molecule has 1 heterocycles. The van der Waals surface area contributed by atoms with Gasteiger partial charge in [-0.1, -0.05) is 72.8 Å². The van der Waals surface area contributed by atoms with Gasteiger partial charge < -0.3 is 10.1 Å². The Morgan fingerprint density at radius 2 is 1.77 bits per heavy atom. The van der Waals surface area contributed by atoms with E-state index in [-0.39, 0.29) is 12.5 Å². The molecule has 2 N–H and O–H groups in total. The van der Waals surface area contributed by atoms with Crippen LogP contribution in [0.5, 0.6) is 0 Å². The van der Waals surface area contributed by atoms with Gasteiger partial charge in [0.25, 0.3) is 0 Å². The second-order valence-electron chi connectivity index (χ2n) is 7.82. The molecule has 5 heteroatoms. The Hall–Kier alpha value is -3.44. The highest BCUT2D eigenvalue weighted by molar-refractivity contribution is 5.85. The molecule has 0 bridgehead atoms. The predicted octanol–water partition coefficient (Wildman–Crippen LogP) is 5.21. The van der Waals surface area contributed by atoms with Crippen LogP contribution in [0.1, 0.15) is 35.7 Å². The van der Waals surface area contributed by atoms with E-state index in [0.29, 0.717) is 6.54 Å². The number of aromatic nitrogens is 2. The molecule has 1 aromatic heterocycles. The van der Waals surface area contributed by atoms with Crippen molar-refractivity contribution < 1.29 is 9.90 Å². The van der Waals surface area contributed by atoms with Gasteiger partial charge in [-0.05, 0) is 41.3 Å². The Morgan fingerprint density at radius 3 is 2.55 bits per heavy atom. The Kier molecular flexibility index (Phi) is 6.75. The number of nitrogens with zero attached hydrogens (tertiary/aromatic N) is 2. The average molecular weight is 414 g/mol. The van der Waals surface area contributed by atoms with E-state index in [1.54, 1.807) is 12.5 Å². The normalized spacial score (nSPS) is 12.3. The SMILES string of the molecule is O=C(O)CC(c1cnc[nH]1)N(CCCc1ccccc1)Cc1cccc2ccccc12. The molecule has 0 amide bonds. The zero-order valence-corrected chi connectivity index (χ0v) is 17.4. The number of hydrogen-bond donors (Lipinski definition) is 2. The minimum atomic E-state index is -0.814. The smallest absolute Gasteiger partial charge is 0.305 e. The number of carboxylic acids is 1. The van der Waals surface area contributed by atoms with Gasteiger partial charge in [-0.3, -0.25) is 9.69 Å². The fraction of sp³-hybridized carbons (Fsp3) is 0.231. The molecular formula is C26H27N3O2. The van der Waals surface area contributed by atoms with Crippen molar-refractivity contribution >= 4 is 16.7 Å². The first-order valence-corrected chi connectivity index (χ1v) is 10.7. The highest BCUT2D eigenvalue weighted by atomic mass is 16.4. The second kappa shape index (κ2) is 10.0. The minimum absolute atomic E-state index is 0.0261. The fourth-order valence-corrected chi connectivity index (χ4v) is 4.18. The molecule has 0 saturated carbocycles. The maximum Gasteiger partial charge on any atom is 0.305 e.